The predicted octanol–water partition coefficient (Wildman–Crippen LogP) is 3.79. The van der Waals surface area contributed by atoms with Gasteiger partial charge in [-0.1, -0.05) is 61.2 Å². The maximum atomic E-state index is 12.6. The summed E-state index contributed by atoms with van der Waals surface area (Å²) in [5, 5.41) is 7.39. The molecule has 1 aliphatic heterocycles. The van der Waals surface area contributed by atoms with Gasteiger partial charge >= 0.3 is 6.01 Å². The summed E-state index contributed by atoms with van der Waals surface area (Å²) in [5.41, 5.74) is 0.949. The number of hydrogen-bond donors (Lipinski definition) is 1. The first-order valence-corrected chi connectivity index (χ1v) is 10.2. The molecule has 2 aliphatic rings. The zero-order valence-corrected chi connectivity index (χ0v) is 15.8. The Hall–Kier alpha value is -2.37. The molecule has 6 nitrogen and oxygen atoms in total. The highest BCUT2D eigenvalue weighted by Gasteiger charge is 2.28. The Balaban J connectivity index is 1.30. The molecule has 0 radical (unpaired) electrons. The van der Waals surface area contributed by atoms with Crippen LogP contribution >= 0.6 is 0 Å². The van der Waals surface area contributed by atoms with Crippen molar-refractivity contribution < 1.29 is 9.32 Å². The van der Waals surface area contributed by atoms with Crippen LogP contribution in [0.25, 0.3) is 11.4 Å². The third-order valence-corrected chi connectivity index (χ3v) is 5.79. The third kappa shape index (κ3) is 4.49. The fourth-order valence-corrected chi connectivity index (χ4v) is 4.12. The first kappa shape index (κ1) is 18.0. The SMILES string of the molecule is O=C(NC1CCCCCC1)C1CCN(c2nc(-c3ccccc3)no2)CC1. The van der Waals surface area contributed by atoms with Gasteiger partial charge in [-0.25, -0.2) is 0 Å². The van der Waals surface area contributed by atoms with Crippen molar-refractivity contribution in [2.45, 2.75) is 57.4 Å². The number of aromatic nitrogens is 2. The van der Waals surface area contributed by atoms with Crippen LogP contribution in [-0.4, -0.2) is 35.2 Å². The van der Waals surface area contributed by atoms with E-state index in [0.29, 0.717) is 17.9 Å². The Morgan fingerprint density at radius 3 is 2.41 bits per heavy atom. The molecule has 1 amide bonds. The second-order valence-electron chi connectivity index (χ2n) is 7.72. The number of nitrogens with one attached hydrogen (secondary N) is 1. The summed E-state index contributed by atoms with van der Waals surface area (Å²) in [5.74, 6) is 0.942. The molecule has 6 heteroatoms. The number of rotatable bonds is 4. The van der Waals surface area contributed by atoms with Crippen LogP contribution in [-0.2, 0) is 4.79 Å². The topological polar surface area (TPSA) is 71.3 Å². The predicted molar refractivity (Wildman–Crippen MR) is 104 cm³/mol. The second-order valence-corrected chi connectivity index (χ2v) is 7.72. The van der Waals surface area contributed by atoms with Crippen molar-refractivity contribution in [2.75, 3.05) is 18.0 Å². The van der Waals surface area contributed by atoms with E-state index in [0.717, 1.165) is 44.3 Å². The molecule has 1 saturated heterocycles. The second kappa shape index (κ2) is 8.55. The molecular weight excluding hydrogens is 340 g/mol. The van der Waals surface area contributed by atoms with Crippen LogP contribution in [0.3, 0.4) is 0 Å². The van der Waals surface area contributed by atoms with E-state index < -0.39 is 0 Å². The van der Waals surface area contributed by atoms with Crippen LogP contribution in [0.5, 0.6) is 0 Å². The Kier molecular flexibility index (Phi) is 5.70. The van der Waals surface area contributed by atoms with Crippen LogP contribution in [0, 0.1) is 5.92 Å². The molecule has 1 N–H and O–H groups in total. The average Bonchev–Trinajstić information content (AvgIpc) is 3.08. The summed E-state index contributed by atoms with van der Waals surface area (Å²) in [6, 6.07) is 10.8. The number of piperidine rings is 1. The van der Waals surface area contributed by atoms with E-state index in [1.807, 2.05) is 30.3 Å². The van der Waals surface area contributed by atoms with Gasteiger partial charge in [-0.05, 0) is 25.7 Å². The molecule has 1 aliphatic carbocycles. The van der Waals surface area contributed by atoms with Gasteiger partial charge in [0.15, 0.2) is 0 Å². The molecule has 144 valence electrons. The highest BCUT2D eigenvalue weighted by molar-refractivity contribution is 5.79. The Morgan fingerprint density at radius 2 is 1.70 bits per heavy atom. The average molecular weight is 368 g/mol. The fraction of sp³-hybridized carbons (Fsp3) is 0.571. The summed E-state index contributed by atoms with van der Waals surface area (Å²) < 4.78 is 5.45. The van der Waals surface area contributed by atoms with Gasteiger partial charge < -0.3 is 14.7 Å². The van der Waals surface area contributed by atoms with Crippen LogP contribution in [0.15, 0.2) is 34.9 Å². The maximum absolute atomic E-state index is 12.6. The van der Waals surface area contributed by atoms with Crippen molar-refractivity contribution in [2.24, 2.45) is 5.92 Å². The standard InChI is InChI=1S/C21H28N4O2/c26-20(22-18-10-6-1-2-7-11-18)17-12-14-25(15-13-17)21-23-19(24-27-21)16-8-4-3-5-9-16/h3-5,8-9,17-18H,1-2,6-7,10-15H2,(H,22,26). The minimum atomic E-state index is 0.0982. The van der Waals surface area contributed by atoms with Crippen LogP contribution in [0.4, 0.5) is 6.01 Å². The Morgan fingerprint density at radius 1 is 1.00 bits per heavy atom. The van der Waals surface area contributed by atoms with Crippen molar-refractivity contribution in [1.29, 1.82) is 0 Å². The van der Waals surface area contributed by atoms with E-state index in [1.165, 1.54) is 25.7 Å². The molecule has 27 heavy (non-hydrogen) atoms. The van der Waals surface area contributed by atoms with Crippen LogP contribution < -0.4 is 10.2 Å². The molecule has 4 rings (SSSR count). The number of anilines is 1. The minimum Gasteiger partial charge on any atom is -0.353 e. The molecule has 0 bridgehead atoms. The fourth-order valence-electron chi connectivity index (χ4n) is 4.12. The largest absolute Gasteiger partial charge is 0.353 e. The molecule has 1 saturated carbocycles. The smallest absolute Gasteiger partial charge is 0.324 e. The normalized spacial score (nSPS) is 19.6. The lowest BCUT2D eigenvalue weighted by Gasteiger charge is -2.30. The first-order chi connectivity index (χ1) is 13.3. The van der Waals surface area contributed by atoms with Crippen molar-refractivity contribution in [3.05, 3.63) is 30.3 Å². The number of nitrogens with zero attached hydrogens (tertiary/aromatic N) is 3. The van der Waals surface area contributed by atoms with E-state index in [9.17, 15) is 4.79 Å². The van der Waals surface area contributed by atoms with Crippen molar-refractivity contribution >= 4 is 11.9 Å². The molecule has 0 atom stereocenters. The number of amides is 1. The van der Waals surface area contributed by atoms with Crippen molar-refractivity contribution in [3.8, 4) is 11.4 Å². The van der Waals surface area contributed by atoms with E-state index >= 15 is 0 Å². The van der Waals surface area contributed by atoms with E-state index in [2.05, 4.69) is 20.4 Å². The third-order valence-electron chi connectivity index (χ3n) is 5.79. The summed E-state index contributed by atoms with van der Waals surface area (Å²) in [6.45, 7) is 1.55. The summed E-state index contributed by atoms with van der Waals surface area (Å²) >= 11 is 0. The summed E-state index contributed by atoms with van der Waals surface area (Å²) in [6.07, 6.45) is 9.03. The van der Waals surface area contributed by atoms with Gasteiger partial charge in [0.2, 0.25) is 11.7 Å². The van der Waals surface area contributed by atoms with Gasteiger partial charge in [-0.3, -0.25) is 4.79 Å². The van der Waals surface area contributed by atoms with E-state index in [-0.39, 0.29) is 11.8 Å². The lowest BCUT2D eigenvalue weighted by atomic mass is 9.95. The minimum absolute atomic E-state index is 0.0982. The molecule has 2 fully saturated rings. The lowest BCUT2D eigenvalue weighted by molar-refractivity contribution is -0.126. The van der Waals surface area contributed by atoms with Gasteiger partial charge in [0.1, 0.15) is 0 Å². The lowest BCUT2D eigenvalue weighted by Crippen LogP contribution is -2.43. The number of carbonyl (C=O) groups is 1. The van der Waals surface area contributed by atoms with E-state index in [4.69, 9.17) is 4.52 Å². The van der Waals surface area contributed by atoms with Crippen LogP contribution in [0.1, 0.15) is 51.4 Å². The zero-order valence-electron chi connectivity index (χ0n) is 15.8. The quantitative estimate of drug-likeness (QED) is 0.831. The highest BCUT2D eigenvalue weighted by Crippen LogP contribution is 2.25. The highest BCUT2D eigenvalue weighted by atomic mass is 16.5. The Labute approximate surface area is 160 Å². The number of benzene rings is 1. The van der Waals surface area contributed by atoms with Gasteiger partial charge in [0, 0.05) is 30.6 Å². The van der Waals surface area contributed by atoms with Crippen LogP contribution in [0.2, 0.25) is 0 Å². The molecule has 2 heterocycles. The maximum Gasteiger partial charge on any atom is 0.324 e. The molecule has 0 spiro atoms. The molecular formula is C21H28N4O2. The van der Waals surface area contributed by atoms with Gasteiger partial charge in [0.05, 0.1) is 0 Å². The van der Waals surface area contributed by atoms with E-state index in [1.54, 1.807) is 0 Å². The summed E-state index contributed by atoms with van der Waals surface area (Å²) in [7, 11) is 0. The van der Waals surface area contributed by atoms with Crippen molar-refractivity contribution in [3.63, 3.8) is 0 Å². The zero-order chi connectivity index (χ0) is 18.5. The molecule has 1 aromatic carbocycles. The number of carbonyl (C=O) groups excluding carboxylic acids is 1. The summed E-state index contributed by atoms with van der Waals surface area (Å²) in [4.78, 5) is 19.2. The molecule has 1 aromatic heterocycles. The van der Waals surface area contributed by atoms with Gasteiger partial charge in [0.25, 0.3) is 0 Å². The molecule has 2 aromatic rings. The Bertz CT molecular complexity index is 730. The number of hydrogen-bond acceptors (Lipinski definition) is 5. The molecule has 0 unspecified atom stereocenters. The van der Waals surface area contributed by atoms with Crippen molar-refractivity contribution in [1.82, 2.24) is 15.5 Å². The monoisotopic (exact) mass is 368 g/mol. The van der Waals surface area contributed by atoms with Gasteiger partial charge in [-0.15, -0.1) is 0 Å². The first-order valence-electron chi connectivity index (χ1n) is 10.2. The van der Waals surface area contributed by atoms with Gasteiger partial charge in [-0.2, -0.15) is 4.98 Å².